The minimum atomic E-state index is -0.734. The SMILES string of the molecule is Cc1ccccc1C1(CC(=O)O)CCCCN1. The molecule has 2 rings (SSSR count). The van der Waals surface area contributed by atoms with E-state index in [-0.39, 0.29) is 12.0 Å². The molecule has 1 heterocycles. The summed E-state index contributed by atoms with van der Waals surface area (Å²) >= 11 is 0. The van der Waals surface area contributed by atoms with Crippen LogP contribution in [0.2, 0.25) is 0 Å². The molecule has 1 aliphatic heterocycles. The van der Waals surface area contributed by atoms with Gasteiger partial charge < -0.3 is 10.4 Å². The first-order chi connectivity index (χ1) is 8.14. The molecule has 3 nitrogen and oxygen atoms in total. The predicted molar refractivity (Wildman–Crippen MR) is 67.0 cm³/mol. The zero-order valence-electron chi connectivity index (χ0n) is 10.2. The molecule has 1 saturated heterocycles. The van der Waals surface area contributed by atoms with E-state index in [2.05, 4.69) is 24.4 Å². The molecule has 2 N–H and O–H groups in total. The quantitative estimate of drug-likeness (QED) is 0.843. The minimum absolute atomic E-state index is 0.165. The Bertz CT molecular complexity index is 408. The van der Waals surface area contributed by atoms with Crippen LogP contribution in [0.15, 0.2) is 24.3 Å². The summed E-state index contributed by atoms with van der Waals surface area (Å²) in [6.07, 6.45) is 3.30. The number of carboxylic acid groups (broad SMARTS) is 1. The van der Waals surface area contributed by atoms with Gasteiger partial charge in [-0.1, -0.05) is 24.3 Å². The second kappa shape index (κ2) is 4.88. The van der Waals surface area contributed by atoms with E-state index in [0.29, 0.717) is 0 Å². The topological polar surface area (TPSA) is 49.3 Å². The second-order valence-corrected chi connectivity index (χ2v) is 4.85. The van der Waals surface area contributed by atoms with E-state index in [1.165, 1.54) is 5.56 Å². The summed E-state index contributed by atoms with van der Waals surface area (Å²) < 4.78 is 0. The van der Waals surface area contributed by atoms with Gasteiger partial charge in [0.2, 0.25) is 0 Å². The van der Waals surface area contributed by atoms with Crippen LogP contribution in [0.3, 0.4) is 0 Å². The maximum atomic E-state index is 11.1. The van der Waals surface area contributed by atoms with Crippen LogP contribution in [0.1, 0.15) is 36.8 Å². The molecule has 92 valence electrons. The Labute approximate surface area is 102 Å². The molecule has 0 spiro atoms. The molecule has 0 amide bonds. The molecule has 0 saturated carbocycles. The zero-order chi connectivity index (χ0) is 12.3. The molecule has 1 fully saturated rings. The number of hydrogen-bond donors (Lipinski definition) is 2. The standard InChI is InChI=1S/C14H19NO2/c1-11-6-2-3-7-12(11)14(10-13(16)17)8-4-5-9-15-14/h2-3,6-7,15H,4-5,8-10H2,1H3,(H,16,17). The summed E-state index contributed by atoms with van der Waals surface area (Å²) in [6, 6.07) is 8.09. The molecular formula is C14H19NO2. The largest absolute Gasteiger partial charge is 0.481 e. The Kier molecular flexibility index (Phi) is 3.48. The molecule has 0 aliphatic carbocycles. The molecular weight excluding hydrogens is 214 g/mol. The average Bonchev–Trinajstić information content (AvgIpc) is 2.29. The Balaban J connectivity index is 2.39. The third-order valence-corrected chi connectivity index (χ3v) is 3.61. The number of benzene rings is 1. The predicted octanol–water partition coefficient (Wildman–Crippen LogP) is 2.44. The summed E-state index contributed by atoms with van der Waals surface area (Å²) in [4.78, 5) is 11.1. The average molecular weight is 233 g/mol. The molecule has 1 atom stereocenters. The highest BCUT2D eigenvalue weighted by Crippen LogP contribution is 2.35. The van der Waals surface area contributed by atoms with E-state index in [0.717, 1.165) is 31.4 Å². The molecule has 1 aromatic carbocycles. The van der Waals surface area contributed by atoms with E-state index >= 15 is 0 Å². The summed E-state index contributed by atoms with van der Waals surface area (Å²) in [5, 5.41) is 12.6. The van der Waals surface area contributed by atoms with E-state index < -0.39 is 5.97 Å². The van der Waals surface area contributed by atoms with Gasteiger partial charge in [-0.15, -0.1) is 0 Å². The third kappa shape index (κ3) is 2.50. The molecule has 1 aromatic rings. The maximum Gasteiger partial charge on any atom is 0.305 e. The monoisotopic (exact) mass is 233 g/mol. The summed E-state index contributed by atoms with van der Waals surface area (Å²) in [7, 11) is 0. The zero-order valence-corrected chi connectivity index (χ0v) is 10.2. The van der Waals surface area contributed by atoms with Crippen LogP contribution in [0.5, 0.6) is 0 Å². The fourth-order valence-electron chi connectivity index (χ4n) is 2.81. The Morgan fingerprint density at radius 2 is 2.18 bits per heavy atom. The number of aryl methyl sites for hydroxylation is 1. The highest BCUT2D eigenvalue weighted by atomic mass is 16.4. The van der Waals surface area contributed by atoms with Crippen LogP contribution in [0.25, 0.3) is 0 Å². The number of hydrogen-bond acceptors (Lipinski definition) is 2. The van der Waals surface area contributed by atoms with Gasteiger partial charge in [-0.3, -0.25) is 4.79 Å². The normalized spacial score (nSPS) is 24.5. The van der Waals surface area contributed by atoms with Crippen molar-refractivity contribution in [1.29, 1.82) is 0 Å². The smallest absolute Gasteiger partial charge is 0.305 e. The Morgan fingerprint density at radius 1 is 1.41 bits per heavy atom. The van der Waals surface area contributed by atoms with Crippen molar-refractivity contribution in [2.24, 2.45) is 0 Å². The van der Waals surface area contributed by atoms with Crippen molar-refractivity contribution >= 4 is 5.97 Å². The van der Waals surface area contributed by atoms with Crippen molar-refractivity contribution in [3.05, 3.63) is 35.4 Å². The third-order valence-electron chi connectivity index (χ3n) is 3.61. The number of rotatable bonds is 3. The molecule has 1 unspecified atom stereocenters. The van der Waals surface area contributed by atoms with Crippen LogP contribution >= 0.6 is 0 Å². The van der Waals surface area contributed by atoms with Crippen molar-refractivity contribution in [2.45, 2.75) is 38.1 Å². The lowest BCUT2D eigenvalue weighted by Gasteiger charge is -2.39. The Morgan fingerprint density at radius 3 is 2.76 bits per heavy atom. The second-order valence-electron chi connectivity index (χ2n) is 4.85. The van der Waals surface area contributed by atoms with E-state index in [1.54, 1.807) is 0 Å². The van der Waals surface area contributed by atoms with Gasteiger partial charge in [-0.25, -0.2) is 0 Å². The van der Waals surface area contributed by atoms with Crippen molar-refractivity contribution in [3.63, 3.8) is 0 Å². The van der Waals surface area contributed by atoms with Crippen LogP contribution < -0.4 is 5.32 Å². The van der Waals surface area contributed by atoms with Crippen LogP contribution in [0, 0.1) is 6.92 Å². The molecule has 3 heteroatoms. The lowest BCUT2D eigenvalue weighted by molar-refractivity contribution is -0.139. The van der Waals surface area contributed by atoms with Gasteiger partial charge in [-0.2, -0.15) is 0 Å². The first-order valence-electron chi connectivity index (χ1n) is 6.17. The van der Waals surface area contributed by atoms with Crippen LogP contribution in [-0.4, -0.2) is 17.6 Å². The number of aliphatic carboxylic acids is 1. The summed E-state index contributed by atoms with van der Waals surface area (Å²) in [6.45, 7) is 2.96. The Hall–Kier alpha value is -1.35. The van der Waals surface area contributed by atoms with Crippen molar-refractivity contribution in [3.8, 4) is 0 Å². The summed E-state index contributed by atoms with van der Waals surface area (Å²) in [5.74, 6) is -0.734. The number of carboxylic acids is 1. The van der Waals surface area contributed by atoms with Gasteiger partial charge in [0.05, 0.1) is 12.0 Å². The van der Waals surface area contributed by atoms with Crippen molar-refractivity contribution in [2.75, 3.05) is 6.54 Å². The number of piperidine rings is 1. The molecule has 0 radical (unpaired) electrons. The summed E-state index contributed by atoms with van der Waals surface area (Å²) in [5.41, 5.74) is 1.94. The van der Waals surface area contributed by atoms with E-state index in [9.17, 15) is 4.79 Å². The van der Waals surface area contributed by atoms with Gasteiger partial charge in [0.15, 0.2) is 0 Å². The van der Waals surface area contributed by atoms with Gasteiger partial charge in [-0.05, 0) is 43.9 Å². The lowest BCUT2D eigenvalue weighted by atomic mass is 9.78. The van der Waals surface area contributed by atoms with E-state index in [4.69, 9.17) is 5.11 Å². The van der Waals surface area contributed by atoms with Gasteiger partial charge in [0, 0.05) is 0 Å². The molecule has 0 aromatic heterocycles. The van der Waals surface area contributed by atoms with Crippen molar-refractivity contribution in [1.82, 2.24) is 5.32 Å². The highest BCUT2D eigenvalue weighted by molar-refractivity contribution is 5.69. The van der Waals surface area contributed by atoms with Gasteiger partial charge in [0.25, 0.3) is 0 Å². The molecule has 0 bridgehead atoms. The highest BCUT2D eigenvalue weighted by Gasteiger charge is 2.36. The van der Waals surface area contributed by atoms with Crippen molar-refractivity contribution < 1.29 is 9.90 Å². The lowest BCUT2D eigenvalue weighted by Crippen LogP contribution is -2.47. The van der Waals surface area contributed by atoms with Gasteiger partial charge in [0.1, 0.15) is 0 Å². The minimum Gasteiger partial charge on any atom is -0.481 e. The first kappa shape index (κ1) is 12.1. The van der Waals surface area contributed by atoms with Crippen LogP contribution in [-0.2, 0) is 10.3 Å². The van der Waals surface area contributed by atoms with Gasteiger partial charge >= 0.3 is 5.97 Å². The van der Waals surface area contributed by atoms with Crippen LogP contribution in [0.4, 0.5) is 0 Å². The fourth-order valence-corrected chi connectivity index (χ4v) is 2.81. The first-order valence-corrected chi connectivity index (χ1v) is 6.17. The van der Waals surface area contributed by atoms with E-state index in [1.807, 2.05) is 12.1 Å². The molecule has 17 heavy (non-hydrogen) atoms. The number of carbonyl (C=O) groups is 1. The fraction of sp³-hybridized carbons (Fsp3) is 0.500. The maximum absolute atomic E-state index is 11.1. The number of nitrogens with one attached hydrogen (secondary N) is 1. The molecule has 1 aliphatic rings.